The second-order valence-corrected chi connectivity index (χ2v) is 10.4. The number of non-ortho nitro benzene ring substituents is 1. The quantitative estimate of drug-likeness (QED) is 0.171. The minimum Gasteiger partial charge on any atom is -0.488 e. The van der Waals surface area contributed by atoms with E-state index in [2.05, 4.69) is 21.4 Å². The van der Waals surface area contributed by atoms with Crippen molar-refractivity contribution in [3.63, 3.8) is 0 Å². The number of halogens is 1. The number of thiocarbonyl (C=S) groups is 1. The molecule has 8 nitrogen and oxygen atoms in total. The number of benzene rings is 2. The van der Waals surface area contributed by atoms with Crippen LogP contribution in [0.3, 0.4) is 0 Å². The number of thioether (sulfide) groups is 1. The summed E-state index contributed by atoms with van der Waals surface area (Å²) in [6, 6.07) is 14.8. The number of nitrogens with zero attached hydrogens (tertiary/aromatic N) is 2. The van der Waals surface area contributed by atoms with Gasteiger partial charge in [-0.2, -0.15) is 5.01 Å². The van der Waals surface area contributed by atoms with E-state index < -0.39 is 16.7 Å². The summed E-state index contributed by atoms with van der Waals surface area (Å²) in [5, 5.41) is 13.7. The second kappa shape index (κ2) is 10.5. The molecule has 4 rings (SSSR count). The van der Waals surface area contributed by atoms with Gasteiger partial charge in [0.05, 0.1) is 14.7 Å². The van der Waals surface area contributed by atoms with E-state index in [4.69, 9.17) is 17.0 Å². The molecule has 0 radical (unpaired) electrons. The van der Waals surface area contributed by atoms with Crippen LogP contribution in [0.25, 0.3) is 6.08 Å². The van der Waals surface area contributed by atoms with Crippen molar-refractivity contribution in [2.75, 3.05) is 0 Å². The molecule has 1 N–H and O–H groups in total. The minimum absolute atomic E-state index is 0.00118. The molecule has 1 fully saturated rings. The molecule has 1 aliphatic rings. The van der Waals surface area contributed by atoms with Crippen molar-refractivity contribution >= 4 is 79.1 Å². The molecule has 2 aromatic carbocycles. The van der Waals surface area contributed by atoms with Crippen LogP contribution in [-0.4, -0.2) is 26.1 Å². The molecule has 34 heavy (non-hydrogen) atoms. The van der Waals surface area contributed by atoms with Gasteiger partial charge in [-0.3, -0.25) is 25.1 Å². The summed E-state index contributed by atoms with van der Waals surface area (Å²) in [6.45, 7) is 0.179. The average molecular weight is 576 g/mol. The van der Waals surface area contributed by atoms with Crippen LogP contribution in [0.5, 0.6) is 5.75 Å². The maximum atomic E-state index is 12.9. The third-order valence-electron chi connectivity index (χ3n) is 4.55. The Kier molecular flexibility index (Phi) is 7.41. The molecule has 0 saturated carbocycles. The highest BCUT2D eigenvalue weighted by Gasteiger charge is 2.34. The third-order valence-corrected chi connectivity index (χ3v) is 7.22. The van der Waals surface area contributed by atoms with Gasteiger partial charge < -0.3 is 4.74 Å². The number of nitro benzene ring substituents is 1. The first-order valence-electron chi connectivity index (χ1n) is 9.60. The molecule has 2 heterocycles. The zero-order valence-corrected chi connectivity index (χ0v) is 21.1. The maximum Gasteiger partial charge on any atom is 0.285 e. The summed E-state index contributed by atoms with van der Waals surface area (Å²) in [5.74, 6) is -0.349. The summed E-state index contributed by atoms with van der Waals surface area (Å²) in [5.41, 5.74) is 3.93. The summed E-state index contributed by atoms with van der Waals surface area (Å²) < 4.78 is 6.91. The van der Waals surface area contributed by atoms with Gasteiger partial charge in [-0.05, 0) is 65.6 Å². The number of amides is 2. The predicted octanol–water partition coefficient (Wildman–Crippen LogP) is 5.54. The molecule has 1 aromatic heterocycles. The van der Waals surface area contributed by atoms with Crippen LogP contribution in [0.1, 0.15) is 20.8 Å². The molecule has 1 saturated heterocycles. The lowest BCUT2D eigenvalue weighted by Crippen LogP contribution is -2.44. The normalized spacial score (nSPS) is 14.5. The van der Waals surface area contributed by atoms with E-state index in [0.29, 0.717) is 21.1 Å². The maximum absolute atomic E-state index is 12.9. The van der Waals surface area contributed by atoms with Crippen molar-refractivity contribution < 1.29 is 19.2 Å². The zero-order chi connectivity index (χ0) is 24.2. The highest BCUT2D eigenvalue weighted by molar-refractivity contribution is 9.10. The molecule has 3 aromatic rings. The van der Waals surface area contributed by atoms with Crippen LogP contribution in [0.15, 0.2) is 69.4 Å². The SMILES string of the molecule is O=C(NN1C(=O)/C(=C/c2cc(Br)ccc2OCc2ccc([N+](=O)[O-])cc2)SC1=S)c1cccs1. The van der Waals surface area contributed by atoms with Gasteiger partial charge in [0.15, 0.2) is 4.32 Å². The Morgan fingerprint density at radius 3 is 2.68 bits per heavy atom. The van der Waals surface area contributed by atoms with Crippen LogP contribution in [0.4, 0.5) is 5.69 Å². The summed E-state index contributed by atoms with van der Waals surface area (Å²) in [7, 11) is 0. The number of nitro groups is 1. The van der Waals surface area contributed by atoms with Crippen LogP contribution < -0.4 is 10.2 Å². The Balaban J connectivity index is 1.51. The Morgan fingerprint density at radius 1 is 1.24 bits per heavy atom. The van der Waals surface area contributed by atoms with Crippen molar-refractivity contribution in [1.82, 2.24) is 10.4 Å². The molecule has 172 valence electrons. The van der Waals surface area contributed by atoms with Crippen molar-refractivity contribution in [2.45, 2.75) is 6.61 Å². The van der Waals surface area contributed by atoms with Gasteiger partial charge in [0, 0.05) is 22.2 Å². The van der Waals surface area contributed by atoms with Gasteiger partial charge in [0.25, 0.3) is 17.5 Å². The predicted molar refractivity (Wildman–Crippen MR) is 138 cm³/mol. The molecule has 12 heteroatoms. The number of hydrogen-bond acceptors (Lipinski definition) is 8. The van der Waals surface area contributed by atoms with E-state index in [1.54, 1.807) is 53.9 Å². The van der Waals surface area contributed by atoms with Gasteiger partial charge in [-0.1, -0.05) is 33.8 Å². The van der Waals surface area contributed by atoms with Crippen molar-refractivity contribution in [1.29, 1.82) is 0 Å². The Labute approximate surface area is 215 Å². The number of thiophene rings is 1. The number of rotatable bonds is 7. The first-order chi connectivity index (χ1) is 16.3. The van der Waals surface area contributed by atoms with Gasteiger partial charge in [-0.15, -0.1) is 11.3 Å². The van der Waals surface area contributed by atoms with Crippen LogP contribution in [-0.2, 0) is 11.4 Å². The Bertz CT molecular complexity index is 1310. The van der Waals surface area contributed by atoms with Crippen molar-refractivity contribution in [2.24, 2.45) is 0 Å². The number of hydrogen-bond donors (Lipinski definition) is 1. The molecular formula is C22H14BrN3O5S3. The van der Waals surface area contributed by atoms with Crippen molar-refractivity contribution in [3.8, 4) is 5.75 Å². The summed E-state index contributed by atoms with van der Waals surface area (Å²) in [4.78, 5) is 36.4. The summed E-state index contributed by atoms with van der Waals surface area (Å²) >= 11 is 11.0. The molecule has 0 atom stereocenters. The van der Waals surface area contributed by atoms with E-state index in [1.165, 1.54) is 23.5 Å². The highest BCUT2D eigenvalue weighted by atomic mass is 79.9. The molecule has 1 aliphatic heterocycles. The van der Waals surface area contributed by atoms with E-state index in [0.717, 1.165) is 26.8 Å². The van der Waals surface area contributed by atoms with Gasteiger partial charge >= 0.3 is 0 Å². The van der Waals surface area contributed by atoms with E-state index in [1.807, 2.05) is 0 Å². The number of nitrogens with one attached hydrogen (secondary N) is 1. The standard InChI is InChI=1S/C22H14BrN3O5S3/c23-15-5-8-17(31-12-13-3-6-16(7-4-13)26(29)30)14(10-15)11-19-21(28)25(22(32)34-19)24-20(27)18-2-1-9-33-18/h1-11H,12H2,(H,24,27)/b19-11-. The number of hydrazine groups is 1. The smallest absolute Gasteiger partial charge is 0.285 e. The van der Waals surface area contributed by atoms with Gasteiger partial charge in [-0.25, -0.2) is 0 Å². The fourth-order valence-electron chi connectivity index (χ4n) is 2.91. The molecule has 0 spiro atoms. The van der Waals surface area contributed by atoms with Gasteiger partial charge in [0.1, 0.15) is 12.4 Å². The lowest BCUT2D eigenvalue weighted by Gasteiger charge is -2.14. The van der Waals surface area contributed by atoms with E-state index in [-0.39, 0.29) is 16.6 Å². The monoisotopic (exact) mass is 575 g/mol. The second-order valence-electron chi connectivity index (χ2n) is 6.83. The van der Waals surface area contributed by atoms with E-state index >= 15 is 0 Å². The molecule has 0 bridgehead atoms. The van der Waals surface area contributed by atoms with Crippen LogP contribution in [0, 0.1) is 10.1 Å². The molecule has 2 amide bonds. The average Bonchev–Trinajstić information content (AvgIpc) is 3.44. The Morgan fingerprint density at radius 2 is 2.00 bits per heavy atom. The first kappa shape index (κ1) is 24.1. The van der Waals surface area contributed by atoms with Crippen LogP contribution in [0.2, 0.25) is 0 Å². The zero-order valence-electron chi connectivity index (χ0n) is 17.1. The fourth-order valence-corrected chi connectivity index (χ4v) is 5.07. The lowest BCUT2D eigenvalue weighted by atomic mass is 10.1. The first-order valence-corrected chi connectivity index (χ1v) is 12.5. The topological polar surface area (TPSA) is 102 Å². The van der Waals surface area contributed by atoms with E-state index in [9.17, 15) is 19.7 Å². The number of carbonyl (C=O) groups is 2. The molecular weight excluding hydrogens is 562 g/mol. The molecule has 0 aliphatic carbocycles. The molecule has 0 unspecified atom stereocenters. The van der Waals surface area contributed by atoms with Crippen LogP contribution >= 0.6 is 51.2 Å². The lowest BCUT2D eigenvalue weighted by molar-refractivity contribution is -0.384. The largest absolute Gasteiger partial charge is 0.488 e. The fraction of sp³-hybridized carbons (Fsp3) is 0.0455. The highest BCUT2D eigenvalue weighted by Crippen LogP contribution is 2.34. The summed E-state index contributed by atoms with van der Waals surface area (Å²) in [6.07, 6.45) is 1.65. The number of ether oxygens (including phenoxy) is 1. The van der Waals surface area contributed by atoms with Crippen molar-refractivity contribution in [3.05, 3.63) is 95.5 Å². The Hall–Kier alpha value is -3.06. The minimum atomic E-state index is -0.462. The van der Waals surface area contributed by atoms with Gasteiger partial charge in [0.2, 0.25) is 0 Å². The third kappa shape index (κ3) is 5.53. The number of carbonyl (C=O) groups excluding carboxylic acids is 2.